The second-order valence-electron chi connectivity index (χ2n) is 5.35. The first-order valence-electron chi connectivity index (χ1n) is 7.11. The molecule has 2 rings (SSSR count). The highest BCUT2D eigenvalue weighted by molar-refractivity contribution is 5.85. The van der Waals surface area contributed by atoms with Crippen LogP contribution in [0.2, 0.25) is 0 Å². The van der Waals surface area contributed by atoms with Crippen LogP contribution >= 0.6 is 12.4 Å². The van der Waals surface area contributed by atoms with Crippen molar-refractivity contribution < 1.29 is 9.53 Å². The number of hydrogen-bond acceptors (Lipinski definition) is 4. The summed E-state index contributed by atoms with van der Waals surface area (Å²) in [6.45, 7) is 5.61. The van der Waals surface area contributed by atoms with Gasteiger partial charge in [0, 0.05) is 26.2 Å². The minimum Gasteiger partial charge on any atom is -0.480 e. The average molecular weight is 317 g/mol. The molecule has 0 aliphatic carbocycles. The Kier molecular flexibility index (Phi) is 6.48. The van der Waals surface area contributed by atoms with Gasteiger partial charge in [0.15, 0.2) is 12.4 Å². The third-order valence-electron chi connectivity index (χ3n) is 3.92. The molecule has 0 saturated carbocycles. The number of carbonyl (C=O) groups excluding carboxylic acids is 1. The molecular formula is C14H25ClN4O2. The summed E-state index contributed by atoms with van der Waals surface area (Å²) in [5, 5.41) is 7.43. The summed E-state index contributed by atoms with van der Waals surface area (Å²) in [5.41, 5.74) is 1.77. The summed E-state index contributed by atoms with van der Waals surface area (Å²) < 4.78 is 7.47. The van der Waals surface area contributed by atoms with Crippen LogP contribution in [0.4, 0.5) is 0 Å². The van der Waals surface area contributed by atoms with Crippen LogP contribution in [0, 0.1) is 13.8 Å². The monoisotopic (exact) mass is 316 g/mol. The molecular weight excluding hydrogens is 292 g/mol. The van der Waals surface area contributed by atoms with Gasteiger partial charge in [-0.25, -0.2) is 0 Å². The van der Waals surface area contributed by atoms with Crippen molar-refractivity contribution in [3.63, 3.8) is 0 Å². The van der Waals surface area contributed by atoms with Crippen LogP contribution in [-0.2, 0) is 11.8 Å². The summed E-state index contributed by atoms with van der Waals surface area (Å²) in [6, 6.07) is 0.298. The van der Waals surface area contributed by atoms with Gasteiger partial charge in [0.1, 0.15) is 5.69 Å². The van der Waals surface area contributed by atoms with Gasteiger partial charge in [-0.2, -0.15) is 5.10 Å². The normalized spacial score (nSPS) is 17.7. The number of ether oxygens (including phenoxy) is 1. The summed E-state index contributed by atoms with van der Waals surface area (Å²) in [5.74, 6) is 0.788. The molecule has 21 heavy (non-hydrogen) atoms. The lowest BCUT2D eigenvalue weighted by atomic mass is 10.2. The number of amides is 1. The number of likely N-dealkylation sites (tertiary alicyclic amines) is 1. The van der Waals surface area contributed by atoms with E-state index < -0.39 is 0 Å². The lowest BCUT2D eigenvalue weighted by molar-refractivity contribution is -0.134. The molecule has 120 valence electrons. The van der Waals surface area contributed by atoms with E-state index in [1.165, 1.54) is 0 Å². The Hall–Kier alpha value is -1.27. The van der Waals surface area contributed by atoms with Crippen LogP contribution in [-0.4, -0.2) is 53.4 Å². The average Bonchev–Trinajstić information content (AvgIpc) is 2.95. The molecule has 0 radical (unpaired) electrons. The van der Waals surface area contributed by atoms with E-state index in [0.29, 0.717) is 6.04 Å². The molecule has 1 aromatic rings. The SMILES string of the molecule is CNCC1CCCN1C(=O)COc1c(C)nn(C)c1C.Cl. The van der Waals surface area contributed by atoms with Gasteiger partial charge in [-0.15, -0.1) is 12.4 Å². The number of hydrogen-bond donors (Lipinski definition) is 1. The van der Waals surface area contributed by atoms with Crippen molar-refractivity contribution in [2.45, 2.75) is 32.7 Å². The molecule has 0 bridgehead atoms. The largest absolute Gasteiger partial charge is 0.480 e. The molecule has 2 heterocycles. The number of nitrogens with zero attached hydrogens (tertiary/aromatic N) is 3. The van der Waals surface area contributed by atoms with Crippen LogP contribution in [0.1, 0.15) is 24.2 Å². The van der Waals surface area contributed by atoms with Crippen LogP contribution < -0.4 is 10.1 Å². The van der Waals surface area contributed by atoms with Crippen LogP contribution in [0.15, 0.2) is 0 Å². The summed E-state index contributed by atoms with van der Waals surface area (Å²) in [7, 11) is 3.79. The van der Waals surface area contributed by atoms with E-state index in [2.05, 4.69) is 10.4 Å². The maximum atomic E-state index is 12.3. The van der Waals surface area contributed by atoms with Crippen LogP contribution in [0.5, 0.6) is 5.75 Å². The van der Waals surface area contributed by atoms with Crippen molar-refractivity contribution in [1.29, 1.82) is 0 Å². The predicted molar refractivity (Wildman–Crippen MR) is 84.1 cm³/mol. The number of aryl methyl sites for hydroxylation is 2. The number of aromatic nitrogens is 2. The van der Waals surface area contributed by atoms with Gasteiger partial charge in [-0.3, -0.25) is 9.48 Å². The number of rotatable bonds is 5. The molecule has 0 spiro atoms. The molecule has 7 heteroatoms. The molecule has 1 amide bonds. The molecule has 6 nitrogen and oxygen atoms in total. The van der Waals surface area contributed by atoms with Gasteiger partial charge in [-0.05, 0) is 33.7 Å². The molecule has 1 aromatic heterocycles. The second-order valence-corrected chi connectivity index (χ2v) is 5.35. The van der Waals surface area contributed by atoms with Crippen molar-refractivity contribution in [2.24, 2.45) is 7.05 Å². The lowest BCUT2D eigenvalue weighted by Gasteiger charge is -2.24. The molecule has 1 aliphatic heterocycles. The Morgan fingerprint density at radius 3 is 2.76 bits per heavy atom. The zero-order chi connectivity index (χ0) is 14.7. The van der Waals surface area contributed by atoms with E-state index in [0.717, 1.165) is 43.1 Å². The van der Waals surface area contributed by atoms with E-state index in [9.17, 15) is 4.79 Å². The Bertz CT molecular complexity index is 490. The first-order valence-corrected chi connectivity index (χ1v) is 7.11. The number of carbonyl (C=O) groups is 1. The van der Waals surface area contributed by atoms with E-state index in [-0.39, 0.29) is 24.9 Å². The topological polar surface area (TPSA) is 59.4 Å². The first kappa shape index (κ1) is 17.8. The minimum absolute atomic E-state index is 0. The van der Waals surface area contributed by atoms with Gasteiger partial charge in [0.2, 0.25) is 0 Å². The third kappa shape index (κ3) is 3.89. The highest BCUT2D eigenvalue weighted by Gasteiger charge is 2.28. The van der Waals surface area contributed by atoms with E-state index in [1.807, 2.05) is 32.8 Å². The van der Waals surface area contributed by atoms with Crippen LogP contribution in [0.3, 0.4) is 0 Å². The third-order valence-corrected chi connectivity index (χ3v) is 3.92. The van der Waals surface area contributed by atoms with Gasteiger partial charge in [0.25, 0.3) is 5.91 Å². The van der Waals surface area contributed by atoms with Crippen molar-refractivity contribution in [2.75, 3.05) is 26.7 Å². The summed E-state index contributed by atoms with van der Waals surface area (Å²) in [6.07, 6.45) is 2.14. The minimum atomic E-state index is 0. The highest BCUT2D eigenvalue weighted by atomic mass is 35.5. The summed E-state index contributed by atoms with van der Waals surface area (Å²) in [4.78, 5) is 14.2. The smallest absolute Gasteiger partial charge is 0.260 e. The molecule has 1 atom stereocenters. The number of likely N-dealkylation sites (N-methyl/N-ethyl adjacent to an activating group) is 1. The highest BCUT2D eigenvalue weighted by Crippen LogP contribution is 2.22. The quantitative estimate of drug-likeness (QED) is 0.882. The number of nitrogens with one attached hydrogen (secondary N) is 1. The number of halogens is 1. The molecule has 1 aliphatic rings. The van der Waals surface area contributed by atoms with E-state index >= 15 is 0 Å². The van der Waals surface area contributed by atoms with Crippen molar-refractivity contribution in [1.82, 2.24) is 20.0 Å². The Balaban J connectivity index is 0.00000220. The van der Waals surface area contributed by atoms with Crippen molar-refractivity contribution in [3.8, 4) is 5.75 Å². The standard InChI is InChI=1S/C14H24N4O2.ClH/c1-10-14(11(2)17(4)16-10)20-9-13(19)18-7-5-6-12(18)8-15-3;/h12,15H,5-9H2,1-4H3;1H. The fraction of sp³-hybridized carbons (Fsp3) is 0.714. The molecule has 0 aromatic carbocycles. The predicted octanol–water partition coefficient (Wildman–Crippen LogP) is 1.05. The fourth-order valence-corrected chi connectivity index (χ4v) is 2.79. The molecule has 1 fully saturated rings. The van der Waals surface area contributed by atoms with E-state index in [4.69, 9.17) is 4.74 Å². The maximum Gasteiger partial charge on any atom is 0.260 e. The van der Waals surface area contributed by atoms with Gasteiger partial charge in [-0.1, -0.05) is 0 Å². The van der Waals surface area contributed by atoms with Gasteiger partial charge >= 0.3 is 0 Å². The Labute approximate surface area is 132 Å². The zero-order valence-electron chi connectivity index (χ0n) is 13.2. The molecule has 1 unspecified atom stereocenters. The lowest BCUT2D eigenvalue weighted by Crippen LogP contribution is -2.43. The van der Waals surface area contributed by atoms with E-state index in [1.54, 1.807) is 4.68 Å². The molecule has 1 saturated heterocycles. The summed E-state index contributed by atoms with van der Waals surface area (Å²) >= 11 is 0. The second kappa shape index (κ2) is 7.66. The zero-order valence-corrected chi connectivity index (χ0v) is 14.0. The van der Waals surface area contributed by atoms with Gasteiger partial charge < -0.3 is 15.0 Å². The Morgan fingerprint density at radius 1 is 1.48 bits per heavy atom. The van der Waals surface area contributed by atoms with Crippen molar-refractivity contribution >= 4 is 18.3 Å². The first-order chi connectivity index (χ1) is 9.54. The molecule has 1 N–H and O–H groups in total. The van der Waals surface area contributed by atoms with Gasteiger partial charge in [0.05, 0.1) is 5.69 Å². The van der Waals surface area contributed by atoms with Crippen LogP contribution in [0.25, 0.3) is 0 Å². The Morgan fingerprint density at radius 2 is 2.19 bits per heavy atom. The maximum absolute atomic E-state index is 12.3. The van der Waals surface area contributed by atoms with Crippen molar-refractivity contribution in [3.05, 3.63) is 11.4 Å². The fourth-order valence-electron chi connectivity index (χ4n) is 2.79.